The molecule has 5 rings (SSSR count). The number of esters is 1. The van der Waals surface area contributed by atoms with Gasteiger partial charge in [0.1, 0.15) is 6.10 Å². The molecule has 0 N–H and O–H groups in total. The van der Waals surface area contributed by atoms with Gasteiger partial charge in [-0.1, -0.05) is 228 Å². The molecule has 4 fully saturated rings. The lowest BCUT2D eigenvalue weighted by Gasteiger charge is -2.69. The van der Waals surface area contributed by atoms with Crippen molar-refractivity contribution >= 4 is 5.97 Å². The SMILES string of the molecule is CCCCCCCCCCCCCCCCCCCCCCCCCCCC(=O)OC1CCC2(C)C3=CCC4(C)C5C(C(C)C)CCC5(C)CCC4(C)C3CCC2C1(C)C. The van der Waals surface area contributed by atoms with E-state index in [9.17, 15) is 4.79 Å². The molecule has 0 amide bonds. The average molecular weight is 833 g/mol. The number of allylic oxidation sites excluding steroid dienone is 2. The van der Waals surface area contributed by atoms with Crippen LogP contribution in [-0.4, -0.2) is 12.1 Å². The first-order valence-electron chi connectivity index (χ1n) is 27.6. The number of hydrogen-bond donors (Lipinski definition) is 0. The van der Waals surface area contributed by atoms with Crippen molar-refractivity contribution in [2.24, 2.45) is 56.7 Å². The molecule has 2 heteroatoms. The van der Waals surface area contributed by atoms with Crippen molar-refractivity contribution in [1.82, 2.24) is 0 Å². The third-order valence-corrected chi connectivity index (χ3v) is 19.8. The molecule has 5 aliphatic carbocycles. The Hall–Kier alpha value is -0.790. The minimum absolute atomic E-state index is 0.0153. The van der Waals surface area contributed by atoms with Gasteiger partial charge in [-0.05, 0) is 115 Å². The van der Waals surface area contributed by atoms with E-state index in [0.29, 0.717) is 28.6 Å². The lowest BCUT2D eigenvalue weighted by atomic mass is 9.35. The third-order valence-electron chi connectivity index (χ3n) is 19.8. The van der Waals surface area contributed by atoms with Gasteiger partial charge < -0.3 is 4.74 Å². The molecule has 0 saturated heterocycles. The number of unbranched alkanes of at least 4 members (excludes halogenated alkanes) is 24. The molecule has 0 radical (unpaired) electrons. The molecular formula is C58H104O2. The summed E-state index contributed by atoms with van der Waals surface area (Å²) in [7, 11) is 0. The third kappa shape index (κ3) is 11.9. The van der Waals surface area contributed by atoms with Gasteiger partial charge in [-0.2, -0.15) is 0 Å². The number of ether oxygens (including phenoxy) is 1. The van der Waals surface area contributed by atoms with Crippen LogP contribution >= 0.6 is 0 Å². The highest BCUT2D eigenvalue weighted by Crippen LogP contribution is 2.76. The second kappa shape index (κ2) is 23.4. The van der Waals surface area contributed by atoms with Crippen molar-refractivity contribution in [3.8, 4) is 0 Å². The van der Waals surface area contributed by atoms with Crippen LogP contribution in [0.3, 0.4) is 0 Å². The summed E-state index contributed by atoms with van der Waals surface area (Å²) in [5.41, 5.74) is 3.40. The number of carbonyl (C=O) groups is 1. The molecule has 9 atom stereocenters. The standard InChI is InChI=1S/C58H104O2/c1-10-11-12-13-14-15-16-17-18-19-20-21-22-23-24-25-26-27-28-29-30-31-32-33-34-35-52(59)60-51-40-42-56(7)48-39-43-58(9)53-47(46(2)3)38-41-55(53,6)44-45-57(58,8)49(48)36-37-50(56)54(51,4)5/h39,46-47,49-51,53H,10-38,40-45H2,1-9H3. The molecular weight excluding hydrogens is 729 g/mol. The summed E-state index contributed by atoms with van der Waals surface area (Å²) in [4.78, 5) is 13.3. The molecule has 0 aliphatic heterocycles. The fraction of sp³-hybridized carbons (Fsp3) is 0.948. The van der Waals surface area contributed by atoms with E-state index in [1.807, 2.05) is 5.57 Å². The van der Waals surface area contributed by atoms with E-state index in [-0.39, 0.29) is 22.9 Å². The summed E-state index contributed by atoms with van der Waals surface area (Å²) in [6.45, 7) is 23.1. The molecule has 5 aliphatic rings. The molecule has 348 valence electrons. The smallest absolute Gasteiger partial charge is 0.306 e. The van der Waals surface area contributed by atoms with Crippen molar-refractivity contribution in [3.63, 3.8) is 0 Å². The zero-order chi connectivity index (χ0) is 43.3. The maximum Gasteiger partial charge on any atom is 0.306 e. The molecule has 60 heavy (non-hydrogen) atoms. The lowest BCUT2D eigenvalue weighted by Crippen LogP contribution is -2.62. The van der Waals surface area contributed by atoms with E-state index in [0.717, 1.165) is 36.5 Å². The van der Waals surface area contributed by atoms with Gasteiger partial charge in [0.15, 0.2) is 0 Å². The normalized spacial score (nSPS) is 34.4. The molecule has 0 aromatic carbocycles. The zero-order valence-corrected chi connectivity index (χ0v) is 42.1. The summed E-state index contributed by atoms with van der Waals surface area (Å²) in [5, 5.41) is 0. The van der Waals surface area contributed by atoms with E-state index in [4.69, 9.17) is 4.74 Å². The van der Waals surface area contributed by atoms with Crippen LogP contribution in [0.15, 0.2) is 11.6 Å². The van der Waals surface area contributed by atoms with Gasteiger partial charge in [-0.3, -0.25) is 4.79 Å². The Balaban J connectivity index is 0.897. The van der Waals surface area contributed by atoms with Crippen LogP contribution in [0.1, 0.15) is 287 Å². The predicted molar refractivity (Wildman–Crippen MR) is 260 cm³/mol. The summed E-state index contributed by atoms with van der Waals surface area (Å²) in [6, 6.07) is 0. The van der Waals surface area contributed by atoms with E-state index < -0.39 is 0 Å². The summed E-state index contributed by atoms with van der Waals surface area (Å²) in [6.07, 6.45) is 50.5. The Morgan fingerprint density at radius 1 is 0.583 bits per heavy atom. The van der Waals surface area contributed by atoms with Crippen molar-refractivity contribution in [1.29, 1.82) is 0 Å². The summed E-state index contributed by atoms with van der Waals surface area (Å²) in [5.74, 6) is 3.90. The average Bonchev–Trinajstić information content (AvgIpc) is 3.58. The zero-order valence-electron chi connectivity index (χ0n) is 42.1. The van der Waals surface area contributed by atoms with Gasteiger partial charge in [0.05, 0.1) is 0 Å². The van der Waals surface area contributed by atoms with Gasteiger partial charge in [0.25, 0.3) is 0 Å². The molecule has 9 unspecified atom stereocenters. The minimum Gasteiger partial charge on any atom is -0.462 e. The first-order chi connectivity index (χ1) is 28.7. The van der Waals surface area contributed by atoms with E-state index in [1.54, 1.807) is 0 Å². The van der Waals surface area contributed by atoms with Crippen molar-refractivity contribution in [3.05, 3.63) is 11.6 Å². The quantitative estimate of drug-likeness (QED) is 0.0446. The van der Waals surface area contributed by atoms with Crippen molar-refractivity contribution < 1.29 is 9.53 Å². The maximum atomic E-state index is 13.3. The first kappa shape index (κ1) is 50.2. The highest BCUT2D eigenvalue weighted by Gasteiger charge is 2.68. The highest BCUT2D eigenvalue weighted by atomic mass is 16.5. The molecule has 0 spiro atoms. The Kier molecular flexibility index (Phi) is 19.6. The van der Waals surface area contributed by atoms with Crippen molar-refractivity contribution in [2.45, 2.75) is 293 Å². The van der Waals surface area contributed by atoms with E-state index in [1.165, 1.54) is 205 Å². The molecule has 2 nitrogen and oxygen atoms in total. The van der Waals surface area contributed by atoms with Crippen LogP contribution in [0.25, 0.3) is 0 Å². The minimum atomic E-state index is 0.0153. The van der Waals surface area contributed by atoms with Gasteiger partial charge in [-0.15, -0.1) is 0 Å². The van der Waals surface area contributed by atoms with Gasteiger partial charge in [0.2, 0.25) is 0 Å². The Labute approximate surface area is 375 Å². The van der Waals surface area contributed by atoms with Crippen molar-refractivity contribution in [2.75, 3.05) is 0 Å². The number of carbonyl (C=O) groups excluding carboxylic acids is 1. The predicted octanol–water partition coefficient (Wildman–Crippen LogP) is 18.7. The molecule has 0 heterocycles. The maximum absolute atomic E-state index is 13.3. The van der Waals surface area contributed by atoms with E-state index in [2.05, 4.69) is 68.4 Å². The fourth-order valence-electron chi connectivity index (χ4n) is 15.8. The number of rotatable bonds is 28. The highest BCUT2D eigenvalue weighted by molar-refractivity contribution is 5.69. The van der Waals surface area contributed by atoms with Gasteiger partial charge in [-0.25, -0.2) is 0 Å². The van der Waals surface area contributed by atoms with Crippen LogP contribution in [0.5, 0.6) is 0 Å². The summed E-state index contributed by atoms with van der Waals surface area (Å²) < 4.78 is 6.45. The van der Waals surface area contributed by atoms with Gasteiger partial charge in [0, 0.05) is 11.8 Å². The van der Waals surface area contributed by atoms with Crippen LogP contribution < -0.4 is 0 Å². The Morgan fingerprint density at radius 2 is 1.07 bits per heavy atom. The van der Waals surface area contributed by atoms with Crippen LogP contribution in [-0.2, 0) is 9.53 Å². The Bertz CT molecular complexity index is 1290. The molecule has 0 aromatic heterocycles. The lowest BCUT2D eigenvalue weighted by molar-refractivity contribution is -0.182. The Morgan fingerprint density at radius 3 is 1.55 bits per heavy atom. The monoisotopic (exact) mass is 833 g/mol. The second-order valence-electron chi connectivity index (χ2n) is 24.5. The molecule has 4 saturated carbocycles. The fourth-order valence-corrected chi connectivity index (χ4v) is 15.8. The second-order valence-corrected chi connectivity index (χ2v) is 24.5. The van der Waals surface area contributed by atoms with Crippen LogP contribution in [0.2, 0.25) is 0 Å². The number of hydrogen-bond acceptors (Lipinski definition) is 2. The van der Waals surface area contributed by atoms with Crippen LogP contribution in [0.4, 0.5) is 0 Å². The topological polar surface area (TPSA) is 26.3 Å². The molecule has 0 bridgehead atoms. The first-order valence-corrected chi connectivity index (χ1v) is 27.6. The largest absolute Gasteiger partial charge is 0.462 e. The van der Waals surface area contributed by atoms with E-state index >= 15 is 0 Å². The number of fused-ring (bicyclic) bond motifs is 7. The molecule has 0 aromatic rings. The van der Waals surface area contributed by atoms with Crippen LogP contribution in [0, 0.1) is 56.7 Å². The van der Waals surface area contributed by atoms with Gasteiger partial charge >= 0.3 is 5.97 Å². The summed E-state index contributed by atoms with van der Waals surface area (Å²) >= 11 is 0.